The topological polar surface area (TPSA) is 52.6 Å². The summed E-state index contributed by atoms with van der Waals surface area (Å²) >= 11 is 0. The van der Waals surface area contributed by atoms with Gasteiger partial charge in [0.1, 0.15) is 5.75 Å². The van der Waals surface area contributed by atoms with Gasteiger partial charge in [-0.3, -0.25) is 9.59 Å². The molecular formula is C28H40O4. The Balaban J connectivity index is 2.18. The summed E-state index contributed by atoms with van der Waals surface area (Å²) in [4.78, 5) is 27.1. The van der Waals surface area contributed by atoms with Crippen molar-refractivity contribution in [1.82, 2.24) is 0 Å². The first kappa shape index (κ1) is 26.1. The molecular weight excluding hydrogens is 400 g/mol. The number of ketones is 2. The Morgan fingerprint density at radius 3 is 2.38 bits per heavy atom. The van der Waals surface area contributed by atoms with Crippen LogP contribution in [0.25, 0.3) is 0 Å². The van der Waals surface area contributed by atoms with Crippen molar-refractivity contribution in [2.24, 2.45) is 29.1 Å². The van der Waals surface area contributed by atoms with Gasteiger partial charge in [0.25, 0.3) is 0 Å². The number of carbonyl (C=O) groups is 2. The smallest absolute Gasteiger partial charge is 0.172 e. The first-order valence-electron chi connectivity index (χ1n) is 11.7. The zero-order chi connectivity index (χ0) is 24.1. The van der Waals surface area contributed by atoms with Gasteiger partial charge in [0.05, 0.1) is 25.7 Å². The molecule has 0 aliphatic heterocycles. The largest absolute Gasteiger partial charge is 0.497 e. The number of hydrogen-bond acceptors (Lipinski definition) is 4. The molecule has 0 aromatic heterocycles. The Morgan fingerprint density at radius 2 is 1.81 bits per heavy atom. The Bertz CT molecular complexity index is 862. The van der Waals surface area contributed by atoms with Crippen molar-refractivity contribution in [3.8, 4) is 5.75 Å². The highest BCUT2D eigenvalue weighted by Gasteiger charge is 2.53. The van der Waals surface area contributed by atoms with Crippen LogP contribution < -0.4 is 4.74 Å². The minimum atomic E-state index is -1.07. The number of hydrogen-bond donors (Lipinski definition) is 0. The molecule has 0 bridgehead atoms. The van der Waals surface area contributed by atoms with Gasteiger partial charge in [0.15, 0.2) is 11.6 Å². The number of benzene rings is 1. The van der Waals surface area contributed by atoms with Crippen LogP contribution in [0, 0.1) is 29.1 Å². The normalized spacial score (nSPS) is 25.0. The molecule has 32 heavy (non-hydrogen) atoms. The van der Waals surface area contributed by atoms with Crippen LogP contribution in [0.2, 0.25) is 0 Å². The number of methoxy groups -OCH3 is 1. The van der Waals surface area contributed by atoms with Gasteiger partial charge in [-0.25, -0.2) is 0 Å². The molecule has 0 saturated heterocycles. The molecule has 176 valence electrons. The third-order valence-electron chi connectivity index (χ3n) is 6.65. The van der Waals surface area contributed by atoms with Crippen LogP contribution in [0.15, 0.2) is 47.6 Å². The first-order valence-corrected chi connectivity index (χ1v) is 11.7. The van der Waals surface area contributed by atoms with E-state index in [1.165, 1.54) is 0 Å². The van der Waals surface area contributed by atoms with E-state index in [0.717, 1.165) is 23.3 Å². The molecule has 0 amide bonds. The number of ether oxygens (including phenoxy) is 2. The minimum Gasteiger partial charge on any atom is -0.497 e. The third-order valence-corrected chi connectivity index (χ3v) is 6.65. The van der Waals surface area contributed by atoms with Crippen LogP contribution in [-0.4, -0.2) is 25.3 Å². The second kappa shape index (κ2) is 11.1. The highest BCUT2D eigenvalue weighted by atomic mass is 16.5. The predicted octanol–water partition coefficient (Wildman–Crippen LogP) is 6.20. The first-order chi connectivity index (χ1) is 15.0. The summed E-state index contributed by atoms with van der Waals surface area (Å²) < 4.78 is 11.1. The molecule has 1 aromatic carbocycles. The molecule has 0 unspecified atom stereocenters. The lowest BCUT2D eigenvalue weighted by molar-refractivity contribution is -0.146. The molecule has 2 rings (SSSR count). The average molecular weight is 441 g/mol. The lowest BCUT2D eigenvalue weighted by Crippen LogP contribution is -2.51. The number of carbonyl (C=O) groups excluding carboxylic acids is 2. The zero-order valence-electron chi connectivity index (χ0n) is 21.0. The molecule has 0 saturated carbocycles. The molecule has 4 heteroatoms. The van der Waals surface area contributed by atoms with Crippen LogP contribution in [-0.2, 0) is 20.9 Å². The van der Waals surface area contributed by atoms with Gasteiger partial charge in [0, 0.05) is 11.8 Å². The van der Waals surface area contributed by atoms with Crippen LogP contribution in [0.1, 0.15) is 60.5 Å². The van der Waals surface area contributed by atoms with Gasteiger partial charge >= 0.3 is 0 Å². The maximum absolute atomic E-state index is 13.7. The van der Waals surface area contributed by atoms with Gasteiger partial charge < -0.3 is 9.47 Å². The molecule has 0 spiro atoms. The van der Waals surface area contributed by atoms with Crippen molar-refractivity contribution in [3.63, 3.8) is 0 Å². The van der Waals surface area contributed by atoms with Crippen molar-refractivity contribution in [2.45, 2.75) is 61.5 Å². The minimum absolute atomic E-state index is 0.0289. The molecule has 4 nitrogen and oxygen atoms in total. The molecule has 1 aliphatic carbocycles. The van der Waals surface area contributed by atoms with Crippen molar-refractivity contribution in [1.29, 1.82) is 0 Å². The number of Topliss-reactive ketones (excluding diaryl/α,β-unsaturated/α-hetero) is 2. The summed E-state index contributed by atoms with van der Waals surface area (Å²) in [6.45, 7) is 14.8. The summed E-state index contributed by atoms with van der Waals surface area (Å²) in [7, 11) is 1.64. The molecule has 4 atom stereocenters. The van der Waals surface area contributed by atoms with Crippen LogP contribution in [0.5, 0.6) is 5.75 Å². The highest BCUT2D eigenvalue weighted by molar-refractivity contribution is 6.15. The summed E-state index contributed by atoms with van der Waals surface area (Å²) in [5, 5.41) is 0. The molecule has 0 heterocycles. The predicted molar refractivity (Wildman–Crippen MR) is 130 cm³/mol. The fourth-order valence-corrected chi connectivity index (χ4v) is 4.99. The van der Waals surface area contributed by atoms with Crippen molar-refractivity contribution in [3.05, 3.63) is 53.1 Å². The summed E-state index contributed by atoms with van der Waals surface area (Å²) in [6, 6.07) is 7.68. The summed E-state index contributed by atoms with van der Waals surface area (Å²) in [6.07, 6.45) is 5.18. The van der Waals surface area contributed by atoms with E-state index in [-0.39, 0.29) is 35.9 Å². The molecule has 0 radical (unpaired) electrons. The lowest BCUT2D eigenvalue weighted by Gasteiger charge is -2.43. The van der Waals surface area contributed by atoms with Gasteiger partial charge in [-0.2, -0.15) is 0 Å². The Kier molecular flexibility index (Phi) is 9.03. The standard InChI is InChI=1S/C28H40O4/c1-18(2)9-10-19(3)25-20(4)15-21(5)26(29)28(25,7)27(30)22(6)16-32-17-23-11-13-24(31-8)14-12-23/h10-15,18,20,22,25H,9,16-17H2,1-8H3/b19-10+/t20-,22+,25-,28-/m1/s1. The lowest BCUT2D eigenvalue weighted by atomic mass is 9.57. The monoisotopic (exact) mass is 440 g/mol. The highest BCUT2D eigenvalue weighted by Crippen LogP contribution is 2.47. The second-order valence-corrected chi connectivity index (χ2v) is 9.92. The quantitative estimate of drug-likeness (QED) is 0.321. The zero-order valence-corrected chi connectivity index (χ0v) is 21.0. The van der Waals surface area contributed by atoms with E-state index in [4.69, 9.17) is 9.47 Å². The third kappa shape index (κ3) is 5.78. The second-order valence-electron chi connectivity index (χ2n) is 9.92. The van der Waals surface area contributed by atoms with Crippen molar-refractivity contribution >= 4 is 11.6 Å². The maximum atomic E-state index is 13.7. The van der Waals surface area contributed by atoms with Gasteiger partial charge in [-0.15, -0.1) is 0 Å². The average Bonchev–Trinajstić information content (AvgIpc) is 2.75. The molecule has 1 aromatic rings. The van der Waals surface area contributed by atoms with E-state index < -0.39 is 5.41 Å². The van der Waals surface area contributed by atoms with Gasteiger partial charge in [-0.05, 0) is 62.3 Å². The van der Waals surface area contributed by atoms with E-state index in [0.29, 0.717) is 18.1 Å². The van der Waals surface area contributed by atoms with E-state index >= 15 is 0 Å². The molecule has 1 aliphatic rings. The van der Waals surface area contributed by atoms with Gasteiger partial charge in [0.2, 0.25) is 0 Å². The molecule has 0 fully saturated rings. The number of rotatable bonds is 10. The van der Waals surface area contributed by atoms with E-state index in [2.05, 4.69) is 33.8 Å². The van der Waals surface area contributed by atoms with Crippen LogP contribution >= 0.6 is 0 Å². The van der Waals surface area contributed by atoms with Gasteiger partial charge in [-0.1, -0.05) is 57.6 Å². The Morgan fingerprint density at radius 1 is 1.19 bits per heavy atom. The Labute approximate surface area is 194 Å². The van der Waals surface area contributed by atoms with Crippen LogP contribution in [0.4, 0.5) is 0 Å². The van der Waals surface area contributed by atoms with E-state index in [1.807, 2.05) is 51.1 Å². The van der Waals surface area contributed by atoms with Crippen molar-refractivity contribution < 1.29 is 19.1 Å². The van der Waals surface area contributed by atoms with Crippen molar-refractivity contribution in [2.75, 3.05) is 13.7 Å². The Hall–Kier alpha value is -2.20. The SMILES string of the molecule is COc1ccc(COC[C@H](C)C(=O)[C@@]2(C)C(=O)C(C)=C[C@@H](C)[C@H]2/C(C)=C/CC(C)C)cc1. The summed E-state index contributed by atoms with van der Waals surface area (Å²) in [5.74, 6) is 0.866. The number of allylic oxidation sites excluding steroid dienone is 4. The molecule has 0 N–H and O–H groups in total. The van der Waals surface area contributed by atoms with E-state index in [9.17, 15) is 9.59 Å². The van der Waals surface area contributed by atoms with E-state index in [1.54, 1.807) is 7.11 Å². The maximum Gasteiger partial charge on any atom is 0.172 e. The fraction of sp³-hybridized carbons (Fsp3) is 0.571. The van der Waals surface area contributed by atoms with Crippen LogP contribution in [0.3, 0.4) is 0 Å². The fourth-order valence-electron chi connectivity index (χ4n) is 4.99. The summed E-state index contributed by atoms with van der Waals surface area (Å²) in [5.41, 5.74) is 1.76.